The molecule has 0 saturated carbocycles. The van der Waals surface area contributed by atoms with E-state index in [1.165, 1.54) is 12.5 Å². The number of aromatic nitrogens is 1. The Hall–Kier alpha value is -1.13. The molecule has 1 rings (SSSR count). The van der Waals surface area contributed by atoms with Gasteiger partial charge >= 0.3 is 0 Å². The van der Waals surface area contributed by atoms with Gasteiger partial charge < -0.3 is 14.8 Å². The Morgan fingerprint density at radius 1 is 1.35 bits per heavy atom. The highest BCUT2D eigenvalue weighted by atomic mass is 16.3. The van der Waals surface area contributed by atoms with E-state index in [1.807, 2.05) is 6.92 Å². The van der Waals surface area contributed by atoms with E-state index in [0.29, 0.717) is 12.1 Å². The number of hydrogen-bond donors (Lipinski definition) is 2. The molecular weight excluding hydrogens is 218 g/mol. The SMILES string of the molecule is CCC.Cc1c(C)n(CC(O)CO)ccc1=O. The van der Waals surface area contributed by atoms with E-state index in [2.05, 4.69) is 13.8 Å². The zero-order valence-corrected chi connectivity index (χ0v) is 11.1. The molecule has 0 fully saturated rings. The smallest absolute Gasteiger partial charge is 0.184 e. The van der Waals surface area contributed by atoms with E-state index in [9.17, 15) is 9.90 Å². The average Bonchev–Trinajstić information content (AvgIpc) is 2.31. The van der Waals surface area contributed by atoms with Crippen molar-refractivity contribution in [3.05, 3.63) is 33.7 Å². The van der Waals surface area contributed by atoms with Crippen LogP contribution in [0.4, 0.5) is 0 Å². The van der Waals surface area contributed by atoms with Gasteiger partial charge in [-0.25, -0.2) is 0 Å². The van der Waals surface area contributed by atoms with Gasteiger partial charge in [-0.3, -0.25) is 4.79 Å². The maximum absolute atomic E-state index is 11.2. The van der Waals surface area contributed by atoms with Gasteiger partial charge in [0.2, 0.25) is 0 Å². The second kappa shape index (κ2) is 8.03. The van der Waals surface area contributed by atoms with Crippen molar-refractivity contribution >= 4 is 0 Å². The van der Waals surface area contributed by atoms with Gasteiger partial charge in [0.1, 0.15) is 0 Å². The Bertz CT molecular complexity index is 385. The normalized spacial score (nSPS) is 11.6. The van der Waals surface area contributed by atoms with Crippen molar-refractivity contribution < 1.29 is 10.2 Å². The van der Waals surface area contributed by atoms with E-state index in [-0.39, 0.29) is 12.0 Å². The highest BCUT2D eigenvalue weighted by Crippen LogP contribution is 2.02. The largest absolute Gasteiger partial charge is 0.394 e. The molecule has 0 aliphatic carbocycles. The summed E-state index contributed by atoms with van der Waals surface area (Å²) >= 11 is 0. The Labute approximate surface area is 103 Å². The predicted molar refractivity (Wildman–Crippen MR) is 69.2 cm³/mol. The van der Waals surface area contributed by atoms with Gasteiger partial charge in [0, 0.05) is 23.5 Å². The fourth-order valence-electron chi connectivity index (χ4n) is 1.27. The standard InChI is InChI=1S/C10H15NO3.C3H8/c1-7-8(2)11(4-3-10(7)14)5-9(13)6-12;1-3-2/h3-4,9,12-13H,5-6H2,1-2H3;3H2,1-2H3. The molecule has 2 N–H and O–H groups in total. The zero-order valence-electron chi connectivity index (χ0n) is 11.1. The highest BCUT2D eigenvalue weighted by Gasteiger charge is 2.06. The van der Waals surface area contributed by atoms with Gasteiger partial charge in [0.15, 0.2) is 5.43 Å². The van der Waals surface area contributed by atoms with Crippen LogP contribution in [0, 0.1) is 13.8 Å². The Kier molecular flexibility index (Phi) is 7.50. The van der Waals surface area contributed by atoms with Crippen molar-refractivity contribution in [1.82, 2.24) is 4.57 Å². The zero-order chi connectivity index (χ0) is 13.4. The van der Waals surface area contributed by atoms with Crippen LogP contribution in [0.3, 0.4) is 0 Å². The number of aliphatic hydroxyl groups is 2. The minimum Gasteiger partial charge on any atom is -0.394 e. The third-order valence-corrected chi connectivity index (χ3v) is 2.37. The van der Waals surface area contributed by atoms with Crippen LogP contribution in [-0.4, -0.2) is 27.5 Å². The maximum atomic E-state index is 11.2. The van der Waals surface area contributed by atoms with Crippen molar-refractivity contribution in [3.8, 4) is 0 Å². The highest BCUT2D eigenvalue weighted by molar-refractivity contribution is 5.18. The molecule has 0 radical (unpaired) electrons. The van der Waals surface area contributed by atoms with Gasteiger partial charge in [-0.15, -0.1) is 0 Å². The van der Waals surface area contributed by atoms with Gasteiger partial charge in [-0.2, -0.15) is 0 Å². The van der Waals surface area contributed by atoms with Gasteiger partial charge in [0.25, 0.3) is 0 Å². The van der Waals surface area contributed by atoms with Gasteiger partial charge in [-0.1, -0.05) is 20.3 Å². The van der Waals surface area contributed by atoms with Crippen LogP contribution in [-0.2, 0) is 6.54 Å². The number of pyridine rings is 1. The van der Waals surface area contributed by atoms with E-state index in [0.717, 1.165) is 5.69 Å². The van der Waals surface area contributed by atoms with Crippen molar-refractivity contribution in [2.75, 3.05) is 6.61 Å². The van der Waals surface area contributed by atoms with Crippen LogP contribution in [0.25, 0.3) is 0 Å². The number of rotatable bonds is 3. The molecule has 1 aromatic rings. The second-order valence-electron chi connectivity index (χ2n) is 4.09. The molecule has 4 nitrogen and oxygen atoms in total. The van der Waals surface area contributed by atoms with Gasteiger partial charge in [0.05, 0.1) is 19.3 Å². The molecule has 17 heavy (non-hydrogen) atoms. The molecule has 0 aliphatic heterocycles. The number of aliphatic hydroxyl groups excluding tert-OH is 2. The summed E-state index contributed by atoms with van der Waals surface area (Å²) < 4.78 is 1.76. The first-order chi connectivity index (χ1) is 7.97. The fraction of sp³-hybridized carbons (Fsp3) is 0.615. The predicted octanol–water partition coefficient (Wildman–Crippen LogP) is 1.23. The molecule has 1 aromatic heterocycles. The van der Waals surface area contributed by atoms with Crippen molar-refractivity contribution in [2.45, 2.75) is 46.8 Å². The molecule has 0 aromatic carbocycles. The first kappa shape index (κ1) is 15.9. The van der Waals surface area contributed by atoms with Crippen LogP contribution in [0.1, 0.15) is 31.5 Å². The third-order valence-electron chi connectivity index (χ3n) is 2.37. The quantitative estimate of drug-likeness (QED) is 0.836. The molecule has 1 atom stereocenters. The summed E-state index contributed by atoms with van der Waals surface area (Å²) in [5.41, 5.74) is 1.50. The molecule has 98 valence electrons. The lowest BCUT2D eigenvalue weighted by Crippen LogP contribution is -2.23. The molecule has 0 spiro atoms. The van der Waals surface area contributed by atoms with E-state index in [1.54, 1.807) is 17.7 Å². The van der Waals surface area contributed by atoms with Gasteiger partial charge in [-0.05, 0) is 13.8 Å². The lowest BCUT2D eigenvalue weighted by atomic mass is 10.2. The monoisotopic (exact) mass is 241 g/mol. The summed E-state index contributed by atoms with van der Waals surface area (Å²) in [5, 5.41) is 17.9. The summed E-state index contributed by atoms with van der Waals surface area (Å²) in [4.78, 5) is 11.2. The molecule has 0 bridgehead atoms. The Morgan fingerprint density at radius 3 is 2.35 bits per heavy atom. The first-order valence-electron chi connectivity index (χ1n) is 5.93. The Balaban J connectivity index is 0.000000770. The summed E-state index contributed by atoms with van der Waals surface area (Å²) in [5.74, 6) is 0. The van der Waals surface area contributed by atoms with Crippen LogP contribution in [0.15, 0.2) is 17.1 Å². The maximum Gasteiger partial charge on any atom is 0.184 e. The van der Waals surface area contributed by atoms with E-state index in [4.69, 9.17) is 5.11 Å². The lowest BCUT2D eigenvalue weighted by molar-refractivity contribution is 0.0805. The summed E-state index contributed by atoms with van der Waals surface area (Å²) in [7, 11) is 0. The van der Waals surface area contributed by atoms with E-state index >= 15 is 0 Å². The summed E-state index contributed by atoms with van der Waals surface area (Å²) in [6, 6.07) is 1.46. The average molecular weight is 241 g/mol. The van der Waals surface area contributed by atoms with Crippen molar-refractivity contribution in [1.29, 1.82) is 0 Å². The fourth-order valence-corrected chi connectivity index (χ4v) is 1.27. The minimum absolute atomic E-state index is 0.00256. The minimum atomic E-state index is -0.782. The summed E-state index contributed by atoms with van der Waals surface area (Å²) in [6.45, 7) is 7.86. The molecule has 0 saturated heterocycles. The molecule has 0 amide bonds. The van der Waals surface area contributed by atoms with E-state index < -0.39 is 6.10 Å². The summed E-state index contributed by atoms with van der Waals surface area (Å²) in [6.07, 6.45) is 2.10. The van der Waals surface area contributed by atoms with Crippen molar-refractivity contribution in [2.24, 2.45) is 0 Å². The number of hydrogen-bond acceptors (Lipinski definition) is 3. The second-order valence-corrected chi connectivity index (χ2v) is 4.09. The first-order valence-corrected chi connectivity index (χ1v) is 5.93. The molecule has 0 aliphatic rings. The van der Waals surface area contributed by atoms with Crippen LogP contribution >= 0.6 is 0 Å². The number of nitrogens with zero attached hydrogens (tertiary/aromatic N) is 1. The molecule has 1 heterocycles. The van der Waals surface area contributed by atoms with Crippen LogP contribution in [0.2, 0.25) is 0 Å². The van der Waals surface area contributed by atoms with Crippen molar-refractivity contribution in [3.63, 3.8) is 0 Å². The molecule has 4 heteroatoms. The Morgan fingerprint density at radius 2 is 1.88 bits per heavy atom. The van der Waals surface area contributed by atoms with Crippen LogP contribution in [0.5, 0.6) is 0 Å². The third kappa shape index (κ3) is 5.15. The molecule has 1 unspecified atom stereocenters. The lowest BCUT2D eigenvalue weighted by Gasteiger charge is -2.14. The topological polar surface area (TPSA) is 62.5 Å². The molecular formula is C13H23NO3. The van der Waals surface area contributed by atoms with Crippen LogP contribution < -0.4 is 5.43 Å².